The number of hydrogen-bond acceptors (Lipinski definition) is 5. The number of nitrogens with one attached hydrogen (secondary N) is 2. The van der Waals surface area contributed by atoms with Crippen LogP contribution in [0.1, 0.15) is 11.1 Å². The zero-order valence-corrected chi connectivity index (χ0v) is 20.0. The average molecular weight is 529 g/mol. The fourth-order valence-electron chi connectivity index (χ4n) is 2.99. The smallest absolute Gasteiger partial charge is 0.416 e. The van der Waals surface area contributed by atoms with Crippen LogP contribution in [0.3, 0.4) is 0 Å². The number of ether oxygens (including phenoxy) is 2. The van der Waals surface area contributed by atoms with Gasteiger partial charge in [-0.1, -0.05) is 23.7 Å². The number of sulfonamides is 1. The number of carbonyl (C=O) groups is 1. The molecule has 3 aromatic carbocycles. The predicted molar refractivity (Wildman–Crippen MR) is 126 cm³/mol. The maximum atomic E-state index is 12.9. The Morgan fingerprint density at radius 2 is 1.74 bits per heavy atom. The van der Waals surface area contributed by atoms with Crippen LogP contribution in [0.4, 0.5) is 24.5 Å². The molecular weight excluding hydrogens is 509 g/mol. The van der Waals surface area contributed by atoms with Crippen LogP contribution >= 0.6 is 11.6 Å². The Balaban J connectivity index is 1.68. The molecule has 0 aliphatic carbocycles. The van der Waals surface area contributed by atoms with Gasteiger partial charge in [-0.05, 0) is 61.0 Å². The summed E-state index contributed by atoms with van der Waals surface area (Å²) in [6.45, 7) is 1.42. The minimum atomic E-state index is -4.62. The van der Waals surface area contributed by atoms with E-state index in [1.54, 1.807) is 12.1 Å². The first-order valence-electron chi connectivity index (χ1n) is 9.96. The average Bonchev–Trinajstić information content (AvgIpc) is 2.77. The summed E-state index contributed by atoms with van der Waals surface area (Å²) in [5.74, 6) is -0.00580. The van der Waals surface area contributed by atoms with E-state index in [0.717, 1.165) is 29.8 Å². The van der Waals surface area contributed by atoms with Crippen molar-refractivity contribution in [3.05, 3.63) is 76.8 Å². The lowest BCUT2D eigenvalue weighted by Gasteiger charge is -2.13. The van der Waals surface area contributed by atoms with Gasteiger partial charge in [-0.3, -0.25) is 9.52 Å². The van der Waals surface area contributed by atoms with Gasteiger partial charge >= 0.3 is 6.18 Å². The van der Waals surface area contributed by atoms with Crippen molar-refractivity contribution in [1.29, 1.82) is 0 Å². The van der Waals surface area contributed by atoms with Gasteiger partial charge in [-0.2, -0.15) is 13.2 Å². The molecule has 0 bridgehead atoms. The van der Waals surface area contributed by atoms with Gasteiger partial charge in [0.25, 0.3) is 15.9 Å². The van der Waals surface area contributed by atoms with Crippen molar-refractivity contribution in [2.45, 2.75) is 18.0 Å². The van der Waals surface area contributed by atoms with Crippen LogP contribution in [0.5, 0.6) is 11.5 Å². The van der Waals surface area contributed by atoms with Crippen molar-refractivity contribution in [2.24, 2.45) is 0 Å². The van der Waals surface area contributed by atoms with Crippen LogP contribution in [0, 0.1) is 6.92 Å². The van der Waals surface area contributed by atoms with E-state index in [2.05, 4.69) is 10.0 Å². The number of anilines is 2. The number of carbonyl (C=O) groups excluding carboxylic acids is 1. The molecule has 0 radical (unpaired) electrons. The Hall–Kier alpha value is -3.44. The maximum Gasteiger partial charge on any atom is 0.416 e. The number of rotatable bonds is 8. The first kappa shape index (κ1) is 26.2. The molecule has 0 spiro atoms. The van der Waals surface area contributed by atoms with Crippen LogP contribution < -0.4 is 19.5 Å². The van der Waals surface area contributed by atoms with Crippen LogP contribution in [0.15, 0.2) is 65.6 Å². The maximum absolute atomic E-state index is 12.9. The summed E-state index contributed by atoms with van der Waals surface area (Å²) in [4.78, 5) is 12.0. The van der Waals surface area contributed by atoms with Gasteiger partial charge in [-0.25, -0.2) is 8.42 Å². The Bertz CT molecular complexity index is 1350. The van der Waals surface area contributed by atoms with Gasteiger partial charge in [0.15, 0.2) is 6.61 Å². The van der Waals surface area contributed by atoms with Crippen molar-refractivity contribution in [1.82, 2.24) is 0 Å². The molecule has 1 amide bonds. The number of aryl methyl sites for hydroxylation is 1. The third kappa shape index (κ3) is 6.80. The number of methoxy groups -OCH3 is 1. The van der Waals surface area contributed by atoms with Gasteiger partial charge in [0.1, 0.15) is 11.5 Å². The molecule has 7 nitrogen and oxygen atoms in total. The standard InChI is InChI=1S/C23H20ClF3N2O5S/c1-14-6-8-21(33-2)19(10-14)28-22(30)13-34-20-9-7-17(12-18(20)24)35(31,32)29-16-5-3-4-15(11-16)23(25,26)27/h3-12,29H,13H2,1-2H3,(H,28,30). The molecule has 0 saturated carbocycles. The first-order chi connectivity index (χ1) is 16.4. The molecule has 35 heavy (non-hydrogen) atoms. The van der Waals surface area contributed by atoms with E-state index in [-0.39, 0.29) is 21.4 Å². The van der Waals surface area contributed by atoms with Crippen molar-refractivity contribution in [2.75, 3.05) is 23.8 Å². The van der Waals surface area contributed by atoms with E-state index >= 15 is 0 Å². The summed E-state index contributed by atoms with van der Waals surface area (Å²) in [6, 6.07) is 12.5. The lowest BCUT2D eigenvalue weighted by atomic mass is 10.2. The van der Waals surface area contributed by atoms with E-state index in [9.17, 15) is 26.4 Å². The number of halogens is 4. The number of benzene rings is 3. The SMILES string of the molecule is COc1ccc(C)cc1NC(=O)COc1ccc(S(=O)(=O)Nc2cccc(C(F)(F)F)c2)cc1Cl. The molecule has 3 aromatic rings. The third-order valence-corrected chi connectivity index (χ3v) is 6.32. The Labute approximate surface area is 204 Å². The van der Waals surface area contributed by atoms with Gasteiger partial charge in [0.2, 0.25) is 0 Å². The summed E-state index contributed by atoms with van der Waals surface area (Å²) in [6.07, 6.45) is -4.62. The molecule has 3 rings (SSSR count). The lowest BCUT2D eigenvalue weighted by Crippen LogP contribution is -2.20. The highest BCUT2D eigenvalue weighted by atomic mass is 35.5. The van der Waals surface area contributed by atoms with E-state index in [1.807, 2.05) is 13.0 Å². The van der Waals surface area contributed by atoms with Gasteiger partial charge in [0, 0.05) is 5.69 Å². The highest BCUT2D eigenvalue weighted by Crippen LogP contribution is 2.32. The zero-order valence-electron chi connectivity index (χ0n) is 18.4. The molecule has 0 aromatic heterocycles. The van der Waals surface area contributed by atoms with Crippen LogP contribution in [-0.2, 0) is 21.0 Å². The van der Waals surface area contributed by atoms with Crippen molar-refractivity contribution >= 4 is 38.9 Å². The number of amides is 1. The predicted octanol–water partition coefficient (Wildman–Crippen LogP) is 5.49. The lowest BCUT2D eigenvalue weighted by molar-refractivity contribution is -0.137. The van der Waals surface area contributed by atoms with Crippen LogP contribution in [0.2, 0.25) is 5.02 Å². The molecule has 0 atom stereocenters. The molecule has 0 aliphatic heterocycles. The third-order valence-electron chi connectivity index (χ3n) is 4.64. The van der Waals surface area contributed by atoms with E-state index < -0.39 is 34.3 Å². The second kappa shape index (κ2) is 10.4. The van der Waals surface area contributed by atoms with E-state index in [0.29, 0.717) is 17.5 Å². The molecular formula is C23H20ClF3N2O5S. The van der Waals surface area contributed by atoms with Crippen LogP contribution in [0.25, 0.3) is 0 Å². The molecule has 2 N–H and O–H groups in total. The zero-order chi connectivity index (χ0) is 25.8. The fourth-order valence-corrected chi connectivity index (χ4v) is 4.36. The molecule has 12 heteroatoms. The highest BCUT2D eigenvalue weighted by molar-refractivity contribution is 7.92. The largest absolute Gasteiger partial charge is 0.495 e. The summed E-state index contributed by atoms with van der Waals surface area (Å²) in [5.41, 5.74) is 0.0930. The Morgan fingerprint density at radius 1 is 1.03 bits per heavy atom. The molecule has 186 valence electrons. The summed E-state index contributed by atoms with van der Waals surface area (Å²) in [5, 5.41) is 2.54. The minimum Gasteiger partial charge on any atom is -0.495 e. The normalized spacial score (nSPS) is 11.6. The molecule has 0 heterocycles. The minimum absolute atomic E-state index is 0.0380. The monoisotopic (exact) mass is 528 g/mol. The molecule has 0 saturated heterocycles. The van der Waals surface area contributed by atoms with Gasteiger partial charge < -0.3 is 14.8 Å². The fraction of sp³-hybridized carbons (Fsp3) is 0.174. The molecule has 0 fully saturated rings. The highest BCUT2D eigenvalue weighted by Gasteiger charge is 2.30. The molecule has 0 unspecified atom stereocenters. The second-order valence-electron chi connectivity index (χ2n) is 7.32. The Kier molecular flexibility index (Phi) is 7.81. The summed E-state index contributed by atoms with van der Waals surface area (Å²) in [7, 11) is -2.78. The second-order valence-corrected chi connectivity index (χ2v) is 9.41. The van der Waals surface area contributed by atoms with Crippen molar-refractivity contribution < 1.29 is 35.9 Å². The van der Waals surface area contributed by atoms with E-state index in [1.165, 1.54) is 19.2 Å². The van der Waals surface area contributed by atoms with Crippen LogP contribution in [-0.4, -0.2) is 28.0 Å². The number of hydrogen-bond donors (Lipinski definition) is 2. The van der Waals surface area contributed by atoms with Gasteiger partial charge in [0.05, 0.1) is 28.3 Å². The number of alkyl halides is 3. The Morgan fingerprint density at radius 3 is 2.40 bits per heavy atom. The van der Waals surface area contributed by atoms with Crippen molar-refractivity contribution in [3.63, 3.8) is 0 Å². The summed E-state index contributed by atoms with van der Waals surface area (Å²) >= 11 is 6.12. The first-order valence-corrected chi connectivity index (χ1v) is 11.8. The molecule has 0 aliphatic rings. The summed E-state index contributed by atoms with van der Waals surface area (Å²) < 4.78 is 76.6. The van der Waals surface area contributed by atoms with Crippen molar-refractivity contribution in [3.8, 4) is 11.5 Å². The quantitative estimate of drug-likeness (QED) is 0.403. The van der Waals surface area contributed by atoms with E-state index in [4.69, 9.17) is 21.1 Å². The topological polar surface area (TPSA) is 93.7 Å². The van der Waals surface area contributed by atoms with Gasteiger partial charge in [-0.15, -0.1) is 0 Å².